The number of amides is 1. The van der Waals surface area contributed by atoms with Gasteiger partial charge in [-0.1, -0.05) is 23.6 Å². The van der Waals surface area contributed by atoms with Crippen molar-refractivity contribution in [2.45, 2.75) is 13.5 Å². The minimum Gasteiger partial charge on any atom is -0.392 e. The highest BCUT2D eigenvalue weighted by atomic mass is 35.5. The molecule has 0 radical (unpaired) electrons. The van der Waals surface area contributed by atoms with Crippen molar-refractivity contribution in [3.05, 3.63) is 58.1 Å². The Morgan fingerprint density at radius 1 is 1.50 bits per heavy atom. The number of rotatable bonds is 1. The highest BCUT2D eigenvalue weighted by Gasteiger charge is 2.27. The second-order valence-corrected chi connectivity index (χ2v) is 5.93. The summed E-state index contributed by atoms with van der Waals surface area (Å²) in [7, 11) is 1.73. The first-order valence-electron chi connectivity index (χ1n) is 7.43. The Kier molecular flexibility index (Phi) is 4.43. The molecule has 1 N–H and O–H groups in total. The highest BCUT2D eigenvalue weighted by molar-refractivity contribution is 6.34. The fourth-order valence-corrected chi connectivity index (χ4v) is 2.85. The van der Waals surface area contributed by atoms with Gasteiger partial charge in [0.05, 0.1) is 35.1 Å². The Morgan fingerprint density at radius 2 is 2.29 bits per heavy atom. The molecular weight excluding hydrogens is 326 g/mol. The summed E-state index contributed by atoms with van der Waals surface area (Å²) in [6, 6.07) is 5.36. The zero-order valence-corrected chi connectivity index (χ0v) is 14.1. The van der Waals surface area contributed by atoms with Crippen LogP contribution < -0.4 is 0 Å². The van der Waals surface area contributed by atoms with E-state index in [0.717, 1.165) is 11.3 Å². The molecule has 6 heteroatoms. The van der Waals surface area contributed by atoms with Crippen molar-refractivity contribution in [3.63, 3.8) is 0 Å². The SMILES string of the molecule is CC(C#Cc1ncn2c1CN(C)C(=O)c1c(Cl)cccc1-2)=CCO. The maximum absolute atomic E-state index is 12.6. The molecule has 2 aromatic rings. The molecule has 0 unspecified atom stereocenters. The van der Waals surface area contributed by atoms with Gasteiger partial charge in [0.25, 0.3) is 5.91 Å². The molecule has 0 atom stereocenters. The highest BCUT2D eigenvalue weighted by Crippen LogP contribution is 2.30. The molecule has 0 aliphatic carbocycles. The summed E-state index contributed by atoms with van der Waals surface area (Å²) in [6.45, 7) is 2.16. The van der Waals surface area contributed by atoms with E-state index in [0.29, 0.717) is 28.5 Å². The third-order valence-corrected chi connectivity index (χ3v) is 4.16. The fourth-order valence-electron chi connectivity index (χ4n) is 2.60. The van der Waals surface area contributed by atoms with E-state index in [-0.39, 0.29) is 12.5 Å². The number of aliphatic hydroxyl groups is 1. The zero-order valence-electron chi connectivity index (χ0n) is 13.4. The molecule has 2 heterocycles. The van der Waals surface area contributed by atoms with Crippen molar-refractivity contribution >= 4 is 17.5 Å². The Labute approximate surface area is 145 Å². The Hall–Kier alpha value is -2.55. The van der Waals surface area contributed by atoms with Gasteiger partial charge in [-0.25, -0.2) is 4.98 Å². The Bertz CT molecular complexity index is 903. The van der Waals surface area contributed by atoms with Gasteiger partial charge in [0, 0.05) is 7.05 Å². The van der Waals surface area contributed by atoms with Gasteiger partial charge in [0.2, 0.25) is 0 Å². The monoisotopic (exact) mass is 341 g/mol. The second kappa shape index (κ2) is 6.52. The van der Waals surface area contributed by atoms with E-state index in [4.69, 9.17) is 16.7 Å². The Balaban J connectivity index is 2.16. The van der Waals surface area contributed by atoms with Crippen LogP contribution in [0.2, 0.25) is 5.02 Å². The normalized spacial score (nSPS) is 13.8. The fraction of sp³-hybridized carbons (Fsp3) is 0.222. The van der Waals surface area contributed by atoms with Gasteiger partial charge in [-0.05, 0) is 36.6 Å². The third kappa shape index (κ3) is 2.82. The van der Waals surface area contributed by atoms with Gasteiger partial charge in [-0.15, -0.1) is 0 Å². The van der Waals surface area contributed by atoms with E-state index in [1.807, 2.05) is 23.6 Å². The third-order valence-electron chi connectivity index (χ3n) is 3.84. The molecule has 1 aliphatic heterocycles. The summed E-state index contributed by atoms with van der Waals surface area (Å²) < 4.78 is 1.86. The van der Waals surface area contributed by atoms with E-state index >= 15 is 0 Å². The van der Waals surface area contributed by atoms with Crippen LogP contribution in [0, 0.1) is 11.8 Å². The van der Waals surface area contributed by atoms with Crippen molar-refractivity contribution in [3.8, 4) is 17.5 Å². The van der Waals surface area contributed by atoms with Gasteiger partial charge in [0.1, 0.15) is 12.0 Å². The van der Waals surface area contributed by atoms with Crippen molar-refractivity contribution in [2.75, 3.05) is 13.7 Å². The van der Waals surface area contributed by atoms with Crippen LogP contribution >= 0.6 is 11.6 Å². The molecule has 24 heavy (non-hydrogen) atoms. The van der Waals surface area contributed by atoms with E-state index in [1.54, 1.807) is 30.4 Å². The molecule has 1 aliphatic rings. The summed E-state index contributed by atoms with van der Waals surface area (Å²) in [5.41, 5.74) is 3.37. The first-order valence-corrected chi connectivity index (χ1v) is 7.81. The maximum Gasteiger partial charge on any atom is 0.257 e. The van der Waals surface area contributed by atoms with E-state index < -0.39 is 0 Å². The predicted molar refractivity (Wildman–Crippen MR) is 92.1 cm³/mol. The van der Waals surface area contributed by atoms with Crippen LogP contribution in [-0.4, -0.2) is 39.1 Å². The lowest BCUT2D eigenvalue weighted by Crippen LogP contribution is -2.25. The number of allylic oxidation sites excluding steroid dienone is 1. The van der Waals surface area contributed by atoms with Crippen molar-refractivity contribution in [1.29, 1.82) is 0 Å². The number of fused-ring (bicyclic) bond motifs is 3. The first-order chi connectivity index (χ1) is 11.5. The average Bonchev–Trinajstić information content (AvgIpc) is 2.90. The lowest BCUT2D eigenvalue weighted by Gasteiger charge is -2.14. The van der Waals surface area contributed by atoms with Crippen LogP contribution in [0.3, 0.4) is 0 Å². The lowest BCUT2D eigenvalue weighted by atomic mass is 10.1. The number of hydrogen-bond acceptors (Lipinski definition) is 3. The smallest absolute Gasteiger partial charge is 0.257 e. The molecule has 1 aromatic heterocycles. The standard InChI is InChI=1S/C18H16ClN3O2/c1-12(8-9-23)6-7-14-16-10-21(2)18(24)17-13(19)4-3-5-15(17)22(16)11-20-14/h3-5,8,11,23H,9-10H2,1-2H3. The van der Waals surface area contributed by atoms with Gasteiger partial charge >= 0.3 is 0 Å². The molecule has 1 aromatic carbocycles. The minimum atomic E-state index is -0.130. The number of hydrogen-bond donors (Lipinski definition) is 1. The topological polar surface area (TPSA) is 58.4 Å². The van der Waals surface area contributed by atoms with Gasteiger partial charge in [-0.2, -0.15) is 0 Å². The molecule has 0 bridgehead atoms. The summed E-state index contributed by atoms with van der Waals surface area (Å²) in [5.74, 6) is 5.85. The van der Waals surface area contributed by atoms with Crippen LogP contribution in [0.1, 0.15) is 28.7 Å². The molecule has 0 fully saturated rings. The number of nitrogens with zero attached hydrogens (tertiary/aromatic N) is 3. The number of carbonyl (C=O) groups is 1. The second-order valence-electron chi connectivity index (χ2n) is 5.52. The molecule has 0 saturated carbocycles. The molecule has 0 saturated heterocycles. The van der Waals surface area contributed by atoms with Crippen LogP contribution in [0.15, 0.2) is 36.2 Å². The van der Waals surface area contributed by atoms with Gasteiger partial charge < -0.3 is 10.0 Å². The average molecular weight is 342 g/mol. The molecule has 3 rings (SSSR count). The van der Waals surface area contributed by atoms with Crippen molar-refractivity contribution < 1.29 is 9.90 Å². The lowest BCUT2D eigenvalue weighted by molar-refractivity contribution is 0.0788. The number of aromatic nitrogens is 2. The Morgan fingerprint density at radius 3 is 3.04 bits per heavy atom. The predicted octanol–water partition coefficient (Wildman–Crippen LogP) is 2.40. The molecule has 1 amide bonds. The number of benzene rings is 1. The number of aliphatic hydroxyl groups excluding tert-OH is 1. The number of imidazole rings is 1. The van der Waals surface area contributed by atoms with Gasteiger partial charge in [0.15, 0.2) is 0 Å². The summed E-state index contributed by atoms with van der Waals surface area (Å²) in [5, 5.41) is 9.32. The van der Waals surface area contributed by atoms with Crippen molar-refractivity contribution in [1.82, 2.24) is 14.5 Å². The van der Waals surface area contributed by atoms with Crippen LogP contribution in [-0.2, 0) is 6.54 Å². The van der Waals surface area contributed by atoms with E-state index in [1.165, 1.54) is 0 Å². The van der Waals surface area contributed by atoms with Crippen LogP contribution in [0.25, 0.3) is 5.69 Å². The van der Waals surface area contributed by atoms with Crippen LogP contribution in [0.5, 0.6) is 0 Å². The van der Waals surface area contributed by atoms with Crippen LogP contribution in [0.4, 0.5) is 0 Å². The molecule has 5 nitrogen and oxygen atoms in total. The van der Waals surface area contributed by atoms with E-state index in [9.17, 15) is 4.79 Å². The van der Waals surface area contributed by atoms with Crippen molar-refractivity contribution in [2.24, 2.45) is 0 Å². The number of carbonyl (C=O) groups excluding carboxylic acids is 1. The van der Waals surface area contributed by atoms with Gasteiger partial charge in [-0.3, -0.25) is 9.36 Å². The zero-order chi connectivity index (χ0) is 17.3. The molecular formula is C18H16ClN3O2. The quantitative estimate of drug-likeness (QED) is 0.810. The number of halogens is 1. The minimum absolute atomic E-state index is 0.0507. The summed E-state index contributed by atoms with van der Waals surface area (Å²) >= 11 is 6.25. The summed E-state index contributed by atoms with van der Waals surface area (Å²) in [6.07, 6.45) is 3.29. The first kappa shape index (κ1) is 16.3. The maximum atomic E-state index is 12.6. The molecule has 0 spiro atoms. The summed E-state index contributed by atoms with van der Waals surface area (Å²) in [4.78, 5) is 18.6. The molecule has 122 valence electrons. The largest absolute Gasteiger partial charge is 0.392 e. The van der Waals surface area contributed by atoms with E-state index in [2.05, 4.69) is 16.8 Å².